The van der Waals surface area contributed by atoms with Gasteiger partial charge in [-0.15, -0.1) is 0 Å². The molecule has 0 saturated carbocycles. The molecule has 1 unspecified atom stereocenters. The zero-order valence-electron chi connectivity index (χ0n) is 16.1. The third kappa shape index (κ3) is 4.98. The van der Waals surface area contributed by atoms with Crippen LogP contribution in [0.5, 0.6) is 0 Å². The van der Waals surface area contributed by atoms with Gasteiger partial charge >= 0.3 is 5.97 Å². The fraction of sp³-hybridized carbons (Fsp3) is 0.0909. The van der Waals surface area contributed by atoms with E-state index in [0.717, 1.165) is 18.2 Å². The van der Waals surface area contributed by atoms with Crippen LogP contribution in [0.15, 0.2) is 71.3 Å². The number of carboxylic acid groups (broad SMARTS) is 1. The average molecular weight is 464 g/mol. The molecule has 0 aliphatic heterocycles. The Morgan fingerprint density at radius 2 is 1.77 bits per heavy atom. The third-order valence-electron chi connectivity index (χ3n) is 4.49. The second-order valence-electron chi connectivity index (χ2n) is 6.69. The smallest absolute Gasteiger partial charge is 0.331 e. The number of nitrogens with zero attached hydrogens (tertiary/aromatic N) is 1. The Bertz CT molecular complexity index is 1260. The van der Waals surface area contributed by atoms with E-state index in [4.69, 9.17) is 16.7 Å². The monoisotopic (exact) mass is 463 g/mol. The van der Waals surface area contributed by atoms with Crippen molar-refractivity contribution in [1.82, 2.24) is 4.98 Å². The predicted molar refractivity (Wildman–Crippen MR) is 112 cm³/mol. The first kappa shape index (κ1) is 22.6. The Morgan fingerprint density at radius 1 is 1.10 bits per heavy atom. The highest BCUT2D eigenvalue weighted by Gasteiger charge is 2.34. The van der Waals surface area contributed by atoms with Crippen LogP contribution in [0, 0.1) is 11.6 Å². The zero-order valence-corrected chi connectivity index (χ0v) is 17.7. The molecule has 0 bridgehead atoms. The Kier molecular flexibility index (Phi) is 6.52. The molecule has 3 aromatic rings. The van der Waals surface area contributed by atoms with Gasteiger partial charge in [-0.1, -0.05) is 17.7 Å². The Morgan fingerprint density at radius 3 is 2.35 bits per heavy atom. The number of hydrogen-bond donors (Lipinski definition) is 1. The molecule has 3 rings (SSSR count). The van der Waals surface area contributed by atoms with Crippen LogP contribution in [0.3, 0.4) is 0 Å². The van der Waals surface area contributed by atoms with Gasteiger partial charge in [-0.25, -0.2) is 22.0 Å². The zero-order chi connectivity index (χ0) is 22.8. The number of hydrogen-bond acceptors (Lipinski definition) is 4. The highest BCUT2D eigenvalue weighted by molar-refractivity contribution is 7.91. The first-order valence-electron chi connectivity index (χ1n) is 8.91. The number of aromatic nitrogens is 1. The standard InChI is InChI=1S/C22H16ClF2NO4S/c1-13(22(27)28)10-14-2-9-20(26-12-14)21(18-11-16(24)5-8-19(18)25)31(29,30)17-6-3-15(23)4-7-17/h2-12,21H,1H3,(H,27,28)/b13-10+. The van der Waals surface area contributed by atoms with Gasteiger partial charge in [0.2, 0.25) is 0 Å². The quantitative estimate of drug-likeness (QED) is 0.516. The summed E-state index contributed by atoms with van der Waals surface area (Å²) in [5.74, 6) is -2.82. The van der Waals surface area contributed by atoms with E-state index in [0.29, 0.717) is 10.6 Å². The lowest BCUT2D eigenvalue weighted by atomic mass is 10.1. The van der Waals surface area contributed by atoms with E-state index in [-0.39, 0.29) is 16.2 Å². The van der Waals surface area contributed by atoms with Crippen LogP contribution in [0.25, 0.3) is 6.08 Å². The summed E-state index contributed by atoms with van der Waals surface area (Å²) in [4.78, 5) is 15.0. The Labute approximate surface area is 182 Å². The summed E-state index contributed by atoms with van der Waals surface area (Å²) in [6, 6.07) is 10.7. The predicted octanol–water partition coefficient (Wildman–Crippen LogP) is 5.06. The minimum Gasteiger partial charge on any atom is -0.478 e. The van der Waals surface area contributed by atoms with E-state index < -0.39 is 38.3 Å². The van der Waals surface area contributed by atoms with E-state index in [1.165, 1.54) is 55.6 Å². The molecule has 9 heteroatoms. The van der Waals surface area contributed by atoms with Crippen molar-refractivity contribution in [3.05, 3.63) is 99.8 Å². The molecule has 5 nitrogen and oxygen atoms in total. The lowest BCUT2D eigenvalue weighted by Crippen LogP contribution is -2.18. The van der Waals surface area contributed by atoms with E-state index in [9.17, 15) is 22.0 Å². The van der Waals surface area contributed by atoms with Gasteiger partial charge in [0.1, 0.15) is 16.9 Å². The maximum Gasteiger partial charge on any atom is 0.331 e. The van der Waals surface area contributed by atoms with Crippen molar-refractivity contribution >= 4 is 33.5 Å². The van der Waals surface area contributed by atoms with Crippen molar-refractivity contribution in [1.29, 1.82) is 0 Å². The number of carbonyl (C=O) groups is 1. The van der Waals surface area contributed by atoms with Gasteiger partial charge in [-0.05, 0) is 67.1 Å². The maximum atomic E-state index is 14.6. The molecule has 0 amide bonds. The summed E-state index contributed by atoms with van der Waals surface area (Å²) in [5, 5.41) is 7.67. The molecule has 0 spiro atoms. The van der Waals surface area contributed by atoms with Crippen LogP contribution < -0.4 is 0 Å². The molecular weight excluding hydrogens is 448 g/mol. The molecule has 160 valence electrons. The fourth-order valence-electron chi connectivity index (χ4n) is 2.93. The first-order valence-corrected chi connectivity index (χ1v) is 10.8. The van der Waals surface area contributed by atoms with E-state index in [1.807, 2.05) is 0 Å². The summed E-state index contributed by atoms with van der Waals surface area (Å²) in [6.45, 7) is 1.40. The van der Waals surface area contributed by atoms with Crippen molar-refractivity contribution in [2.75, 3.05) is 0 Å². The molecule has 0 aliphatic carbocycles. The van der Waals surface area contributed by atoms with Crippen LogP contribution in [-0.4, -0.2) is 24.5 Å². The van der Waals surface area contributed by atoms with Gasteiger partial charge in [0.05, 0.1) is 10.6 Å². The van der Waals surface area contributed by atoms with Crippen molar-refractivity contribution in [3.63, 3.8) is 0 Å². The molecule has 1 aromatic heterocycles. The lowest BCUT2D eigenvalue weighted by molar-refractivity contribution is -0.132. The largest absolute Gasteiger partial charge is 0.478 e. The van der Waals surface area contributed by atoms with Gasteiger partial charge in [-0.3, -0.25) is 4.98 Å². The normalized spacial score (nSPS) is 13.1. The third-order valence-corrected chi connectivity index (χ3v) is 6.79. The number of aliphatic carboxylic acids is 1. The second-order valence-corrected chi connectivity index (χ2v) is 9.16. The Hall–Kier alpha value is -3.10. The molecule has 0 fully saturated rings. The fourth-order valence-corrected chi connectivity index (χ4v) is 4.82. The molecule has 0 saturated heterocycles. The van der Waals surface area contributed by atoms with Gasteiger partial charge in [0.25, 0.3) is 0 Å². The number of sulfone groups is 1. The lowest BCUT2D eigenvalue weighted by Gasteiger charge is -2.19. The minimum absolute atomic E-state index is 0.0513. The van der Waals surface area contributed by atoms with Gasteiger partial charge < -0.3 is 5.11 Å². The highest BCUT2D eigenvalue weighted by Crippen LogP contribution is 2.36. The van der Waals surface area contributed by atoms with Crippen LogP contribution in [0.2, 0.25) is 5.02 Å². The summed E-state index contributed by atoms with van der Waals surface area (Å²) < 4.78 is 55.3. The summed E-state index contributed by atoms with van der Waals surface area (Å²) >= 11 is 5.84. The number of halogens is 3. The Balaban J connectivity index is 2.17. The summed E-state index contributed by atoms with van der Waals surface area (Å²) in [7, 11) is -4.25. The van der Waals surface area contributed by atoms with Gasteiger partial charge in [-0.2, -0.15) is 0 Å². The molecule has 0 aliphatic rings. The van der Waals surface area contributed by atoms with Crippen LogP contribution in [0.4, 0.5) is 8.78 Å². The van der Waals surface area contributed by atoms with Crippen LogP contribution >= 0.6 is 11.6 Å². The van der Waals surface area contributed by atoms with Gasteiger partial charge in [0, 0.05) is 22.4 Å². The van der Waals surface area contributed by atoms with E-state index in [1.54, 1.807) is 0 Å². The SMILES string of the molecule is C/C(=C\c1ccc(C(c2cc(F)ccc2F)S(=O)(=O)c2ccc(Cl)cc2)nc1)C(=O)O. The summed E-state index contributed by atoms with van der Waals surface area (Å²) in [5.41, 5.74) is 0.0131. The molecular formula is C22H16ClF2NO4S. The second kappa shape index (κ2) is 8.95. The molecule has 31 heavy (non-hydrogen) atoms. The molecule has 1 heterocycles. The first-order chi connectivity index (χ1) is 14.6. The number of pyridine rings is 1. The van der Waals surface area contributed by atoms with Gasteiger partial charge in [0.15, 0.2) is 9.84 Å². The molecule has 2 aromatic carbocycles. The molecule has 0 radical (unpaired) electrons. The van der Waals surface area contributed by atoms with Crippen molar-refractivity contribution in [2.45, 2.75) is 17.1 Å². The number of rotatable bonds is 6. The molecule has 1 N–H and O–H groups in total. The molecule has 1 atom stereocenters. The van der Waals surface area contributed by atoms with Crippen molar-refractivity contribution in [2.24, 2.45) is 0 Å². The average Bonchev–Trinajstić information content (AvgIpc) is 2.72. The van der Waals surface area contributed by atoms with E-state index in [2.05, 4.69) is 4.98 Å². The maximum absolute atomic E-state index is 14.6. The minimum atomic E-state index is -4.25. The van der Waals surface area contributed by atoms with E-state index >= 15 is 0 Å². The van der Waals surface area contributed by atoms with Crippen molar-refractivity contribution in [3.8, 4) is 0 Å². The topological polar surface area (TPSA) is 84.3 Å². The van der Waals surface area contributed by atoms with Crippen LogP contribution in [-0.2, 0) is 14.6 Å². The van der Waals surface area contributed by atoms with Crippen LogP contribution in [0.1, 0.15) is 29.0 Å². The van der Waals surface area contributed by atoms with Crippen molar-refractivity contribution < 1.29 is 27.1 Å². The highest BCUT2D eigenvalue weighted by atomic mass is 35.5. The number of carboxylic acids is 1. The summed E-state index contributed by atoms with van der Waals surface area (Å²) in [6.07, 6.45) is 2.62. The number of benzene rings is 2.